The van der Waals surface area contributed by atoms with Crippen LogP contribution in [0.5, 0.6) is 5.88 Å². The maximum absolute atomic E-state index is 5.38. The summed E-state index contributed by atoms with van der Waals surface area (Å²) < 4.78 is 8.55. The van der Waals surface area contributed by atoms with Crippen LogP contribution in [0, 0.1) is 0 Å². The molecule has 0 radical (unpaired) electrons. The highest BCUT2D eigenvalue weighted by molar-refractivity contribution is 9.10. The lowest BCUT2D eigenvalue weighted by Crippen LogP contribution is -2.05. The number of methoxy groups -OCH3 is 1. The van der Waals surface area contributed by atoms with Gasteiger partial charge >= 0.3 is 0 Å². The van der Waals surface area contributed by atoms with Crippen LogP contribution in [-0.4, -0.2) is 16.5 Å². The Bertz CT molecular complexity index is 765. The van der Waals surface area contributed by atoms with Crippen molar-refractivity contribution < 1.29 is 4.74 Å². The molecule has 0 amide bonds. The third-order valence-corrected chi connectivity index (χ3v) is 4.66. The number of imidazole rings is 1. The number of fused-ring (bicyclic) bond motifs is 1. The van der Waals surface area contributed by atoms with Crippen LogP contribution >= 0.6 is 27.3 Å². The zero-order chi connectivity index (χ0) is 14.8. The van der Waals surface area contributed by atoms with Crippen molar-refractivity contribution in [2.24, 2.45) is 0 Å². The molecule has 21 heavy (non-hydrogen) atoms. The Kier molecular flexibility index (Phi) is 4.17. The van der Waals surface area contributed by atoms with Gasteiger partial charge in [-0.25, -0.2) is 0 Å². The van der Waals surface area contributed by atoms with Crippen molar-refractivity contribution in [1.82, 2.24) is 9.38 Å². The molecule has 1 N–H and O–H groups in total. The molecule has 0 saturated heterocycles. The van der Waals surface area contributed by atoms with Gasteiger partial charge in [0.25, 0.3) is 0 Å². The van der Waals surface area contributed by atoms with Gasteiger partial charge < -0.3 is 10.1 Å². The van der Waals surface area contributed by atoms with Crippen LogP contribution < -0.4 is 10.1 Å². The van der Waals surface area contributed by atoms with Crippen molar-refractivity contribution in [3.8, 4) is 5.88 Å². The van der Waals surface area contributed by atoms with Crippen LogP contribution in [0.2, 0.25) is 0 Å². The minimum atomic E-state index is 0.676. The number of aryl methyl sites for hydroxylation is 1. The molecule has 0 bridgehead atoms. The molecule has 0 aliphatic rings. The highest BCUT2D eigenvalue weighted by Crippen LogP contribution is 2.26. The van der Waals surface area contributed by atoms with Crippen molar-refractivity contribution >= 4 is 37.9 Å². The summed E-state index contributed by atoms with van der Waals surface area (Å²) in [7, 11) is 1.66. The van der Waals surface area contributed by atoms with Gasteiger partial charge in [-0.1, -0.05) is 22.9 Å². The highest BCUT2D eigenvalue weighted by Gasteiger charge is 2.13. The Morgan fingerprint density at radius 2 is 2.29 bits per heavy atom. The van der Waals surface area contributed by atoms with E-state index in [9.17, 15) is 0 Å². The zero-order valence-corrected chi connectivity index (χ0v) is 14.3. The van der Waals surface area contributed by atoms with Gasteiger partial charge in [0.2, 0.25) is 5.88 Å². The second-order valence-electron chi connectivity index (χ2n) is 4.63. The zero-order valence-electron chi connectivity index (χ0n) is 11.9. The van der Waals surface area contributed by atoms with Crippen molar-refractivity contribution in [3.05, 3.63) is 45.5 Å². The SMILES string of the molecule is CCc1cc(Br)ccc1NCc1c(OC)nc2sccn12. The van der Waals surface area contributed by atoms with Gasteiger partial charge in [0.1, 0.15) is 5.69 Å². The van der Waals surface area contributed by atoms with Crippen molar-refractivity contribution in [3.63, 3.8) is 0 Å². The normalized spacial score (nSPS) is 11.0. The molecular formula is C15H16BrN3OS. The summed E-state index contributed by atoms with van der Waals surface area (Å²) in [6.07, 6.45) is 3.01. The standard InChI is InChI=1S/C15H16BrN3OS/c1-3-10-8-11(16)4-5-12(10)17-9-13-14(20-2)18-15-19(13)6-7-21-15/h4-8,17H,3,9H2,1-2H3. The molecule has 6 heteroatoms. The fourth-order valence-corrected chi connectivity index (χ4v) is 3.48. The number of nitrogens with one attached hydrogen (secondary N) is 1. The molecule has 0 aliphatic carbocycles. The molecule has 4 nitrogen and oxygen atoms in total. The number of rotatable bonds is 5. The molecule has 0 atom stereocenters. The Morgan fingerprint density at radius 3 is 3.05 bits per heavy atom. The number of thiazole rings is 1. The third kappa shape index (κ3) is 2.78. The molecular weight excluding hydrogens is 350 g/mol. The Hall–Kier alpha value is -1.53. The van der Waals surface area contributed by atoms with E-state index in [4.69, 9.17) is 4.74 Å². The minimum absolute atomic E-state index is 0.676. The topological polar surface area (TPSA) is 38.6 Å². The summed E-state index contributed by atoms with van der Waals surface area (Å²) in [5.74, 6) is 0.685. The molecule has 2 aromatic heterocycles. The predicted octanol–water partition coefficient (Wildman–Crippen LogP) is 4.34. The van der Waals surface area contributed by atoms with E-state index in [0.717, 1.165) is 27.2 Å². The lowest BCUT2D eigenvalue weighted by atomic mass is 10.1. The number of anilines is 1. The van der Waals surface area contributed by atoms with E-state index in [1.807, 2.05) is 11.6 Å². The van der Waals surface area contributed by atoms with Crippen LogP contribution in [0.15, 0.2) is 34.2 Å². The summed E-state index contributed by atoms with van der Waals surface area (Å²) in [6, 6.07) is 6.30. The van der Waals surface area contributed by atoms with Crippen molar-refractivity contribution in [2.75, 3.05) is 12.4 Å². The van der Waals surface area contributed by atoms with E-state index in [2.05, 4.69) is 55.8 Å². The van der Waals surface area contributed by atoms with Gasteiger partial charge in [-0.05, 0) is 30.2 Å². The molecule has 3 aromatic rings. The van der Waals surface area contributed by atoms with Crippen molar-refractivity contribution in [1.29, 1.82) is 0 Å². The van der Waals surface area contributed by atoms with Crippen LogP contribution in [0.3, 0.4) is 0 Å². The van der Waals surface area contributed by atoms with E-state index in [1.54, 1.807) is 18.4 Å². The predicted molar refractivity (Wildman–Crippen MR) is 90.5 cm³/mol. The van der Waals surface area contributed by atoms with E-state index in [0.29, 0.717) is 12.4 Å². The first-order valence-electron chi connectivity index (χ1n) is 6.73. The van der Waals surface area contributed by atoms with E-state index < -0.39 is 0 Å². The van der Waals surface area contributed by atoms with E-state index >= 15 is 0 Å². The first-order chi connectivity index (χ1) is 10.2. The molecule has 2 heterocycles. The summed E-state index contributed by atoms with van der Waals surface area (Å²) in [5.41, 5.74) is 3.47. The quantitative estimate of drug-likeness (QED) is 0.730. The molecule has 0 saturated carbocycles. The van der Waals surface area contributed by atoms with Crippen LogP contribution in [0.25, 0.3) is 4.96 Å². The fourth-order valence-electron chi connectivity index (χ4n) is 2.34. The molecule has 3 rings (SSSR count). The van der Waals surface area contributed by atoms with Crippen LogP contribution in [0.1, 0.15) is 18.2 Å². The summed E-state index contributed by atoms with van der Waals surface area (Å²) in [5, 5.41) is 5.52. The second kappa shape index (κ2) is 6.07. The number of hydrogen-bond acceptors (Lipinski definition) is 4. The van der Waals surface area contributed by atoms with Gasteiger partial charge in [0, 0.05) is 21.7 Å². The molecule has 0 fully saturated rings. The summed E-state index contributed by atoms with van der Waals surface area (Å²) >= 11 is 5.12. The lowest BCUT2D eigenvalue weighted by Gasteiger charge is -2.11. The van der Waals surface area contributed by atoms with Crippen molar-refractivity contribution in [2.45, 2.75) is 19.9 Å². The lowest BCUT2D eigenvalue weighted by molar-refractivity contribution is 0.395. The number of hydrogen-bond donors (Lipinski definition) is 1. The van der Waals surface area contributed by atoms with E-state index in [-0.39, 0.29) is 0 Å². The van der Waals surface area contributed by atoms with Gasteiger partial charge in [0.05, 0.1) is 13.7 Å². The maximum Gasteiger partial charge on any atom is 0.238 e. The van der Waals surface area contributed by atoms with Crippen LogP contribution in [0.4, 0.5) is 5.69 Å². The van der Waals surface area contributed by atoms with Gasteiger partial charge in [-0.2, -0.15) is 4.98 Å². The Balaban J connectivity index is 1.88. The Morgan fingerprint density at radius 1 is 1.43 bits per heavy atom. The van der Waals surface area contributed by atoms with Gasteiger partial charge in [-0.15, -0.1) is 11.3 Å². The smallest absolute Gasteiger partial charge is 0.238 e. The first-order valence-corrected chi connectivity index (χ1v) is 8.41. The molecule has 0 unspecified atom stereocenters. The highest BCUT2D eigenvalue weighted by atomic mass is 79.9. The molecule has 110 valence electrons. The number of nitrogens with zero attached hydrogens (tertiary/aromatic N) is 2. The molecule has 0 spiro atoms. The minimum Gasteiger partial charge on any atom is -0.480 e. The number of benzene rings is 1. The largest absolute Gasteiger partial charge is 0.480 e. The maximum atomic E-state index is 5.38. The third-order valence-electron chi connectivity index (χ3n) is 3.41. The number of ether oxygens (including phenoxy) is 1. The van der Waals surface area contributed by atoms with Crippen LogP contribution in [-0.2, 0) is 13.0 Å². The molecule has 0 aliphatic heterocycles. The number of aromatic nitrogens is 2. The number of halogens is 1. The average molecular weight is 366 g/mol. The van der Waals surface area contributed by atoms with Gasteiger partial charge in [-0.3, -0.25) is 4.40 Å². The fraction of sp³-hybridized carbons (Fsp3) is 0.267. The monoisotopic (exact) mass is 365 g/mol. The summed E-state index contributed by atoms with van der Waals surface area (Å²) in [6.45, 7) is 2.83. The Labute approximate surface area is 135 Å². The average Bonchev–Trinajstić information content (AvgIpc) is 3.06. The molecule has 1 aromatic carbocycles. The van der Waals surface area contributed by atoms with E-state index in [1.165, 1.54) is 5.56 Å². The van der Waals surface area contributed by atoms with Gasteiger partial charge in [0.15, 0.2) is 4.96 Å². The first kappa shape index (κ1) is 14.4. The summed E-state index contributed by atoms with van der Waals surface area (Å²) in [4.78, 5) is 5.43. The second-order valence-corrected chi connectivity index (χ2v) is 6.42.